The maximum atomic E-state index is 12.4. The van der Waals surface area contributed by atoms with Crippen molar-refractivity contribution >= 4 is 49.9 Å². The van der Waals surface area contributed by atoms with Crippen LogP contribution in [0.3, 0.4) is 0 Å². The van der Waals surface area contributed by atoms with Gasteiger partial charge in [-0.05, 0) is 43.0 Å². The normalized spacial score (nSPS) is 19.5. The van der Waals surface area contributed by atoms with Crippen LogP contribution in [0.15, 0.2) is 22.7 Å². The number of anilines is 2. The Kier molecular flexibility index (Phi) is 5.01. The largest absolute Gasteiger partial charge is 0.371 e. The molecule has 0 spiro atoms. The van der Waals surface area contributed by atoms with Crippen LogP contribution in [0.4, 0.5) is 10.8 Å². The lowest BCUT2D eigenvalue weighted by molar-refractivity contribution is -0.121. The Hall–Kier alpha value is -1.84. The van der Waals surface area contributed by atoms with E-state index in [-0.39, 0.29) is 24.5 Å². The number of hydrogen-bond acceptors (Lipinski definition) is 6. The van der Waals surface area contributed by atoms with Gasteiger partial charge < -0.3 is 9.64 Å². The minimum Gasteiger partial charge on any atom is -0.371 e. The van der Waals surface area contributed by atoms with E-state index in [1.54, 1.807) is 0 Å². The van der Waals surface area contributed by atoms with Crippen molar-refractivity contribution in [3.8, 4) is 0 Å². The number of carbonyl (C=O) groups is 2. The minimum atomic E-state index is -0.288. The number of aromatic nitrogens is 2. The predicted molar refractivity (Wildman–Crippen MR) is 101 cm³/mol. The van der Waals surface area contributed by atoms with Gasteiger partial charge in [0.05, 0.1) is 0 Å². The minimum absolute atomic E-state index is 0.0212. The van der Waals surface area contributed by atoms with Crippen LogP contribution in [0.25, 0.3) is 0 Å². The topological polar surface area (TPSA) is 84.4 Å². The van der Waals surface area contributed by atoms with Gasteiger partial charge in [-0.2, -0.15) is 0 Å². The maximum absolute atomic E-state index is 12.4. The van der Waals surface area contributed by atoms with E-state index in [1.165, 1.54) is 16.2 Å². The molecule has 4 rings (SSSR count). The van der Waals surface area contributed by atoms with Gasteiger partial charge in [-0.15, -0.1) is 10.2 Å². The third-order valence-electron chi connectivity index (χ3n) is 4.44. The Morgan fingerprint density at radius 1 is 1.38 bits per heavy atom. The van der Waals surface area contributed by atoms with Gasteiger partial charge in [-0.25, -0.2) is 0 Å². The standard InChI is InChI=1S/C17H17BrN4O3S/c18-11-4-5-12-10(8-11)3-6-15(24)22(12)9-14(23)19-17-21-20-16(26-17)13-2-1-7-25-13/h4-5,8,13H,1-3,6-7,9H2,(H,19,21,23). The molecule has 3 heterocycles. The zero-order valence-electron chi connectivity index (χ0n) is 13.9. The van der Waals surface area contributed by atoms with E-state index >= 15 is 0 Å². The fourth-order valence-electron chi connectivity index (χ4n) is 3.19. The first-order valence-electron chi connectivity index (χ1n) is 8.44. The number of carbonyl (C=O) groups excluding carboxylic acids is 2. The molecule has 1 N–H and O–H groups in total. The van der Waals surface area contributed by atoms with E-state index in [1.807, 2.05) is 18.2 Å². The summed E-state index contributed by atoms with van der Waals surface area (Å²) in [7, 11) is 0. The molecule has 2 aliphatic rings. The van der Waals surface area contributed by atoms with Crippen LogP contribution in [0.2, 0.25) is 0 Å². The molecule has 1 atom stereocenters. The molecule has 0 radical (unpaired) electrons. The summed E-state index contributed by atoms with van der Waals surface area (Å²) in [6, 6.07) is 5.73. The highest BCUT2D eigenvalue weighted by molar-refractivity contribution is 9.10. The van der Waals surface area contributed by atoms with Gasteiger partial charge in [-0.1, -0.05) is 27.3 Å². The maximum Gasteiger partial charge on any atom is 0.246 e. The highest BCUT2D eigenvalue weighted by Gasteiger charge is 2.27. The lowest BCUT2D eigenvalue weighted by Gasteiger charge is -2.28. The molecule has 0 saturated carbocycles. The Morgan fingerprint density at radius 3 is 3.08 bits per heavy atom. The summed E-state index contributed by atoms with van der Waals surface area (Å²) in [5.74, 6) is -0.337. The molecule has 136 valence electrons. The van der Waals surface area contributed by atoms with Gasteiger partial charge >= 0.3 is 0 Å². The highest BCUT2D eigenvalue weighted by atomic mass is 79.9. The van der Waals surface area contributed by atoms with E-state index < -0.39 is 0 Å². The van der Waals surface area contributed by atoms with E-state index in [0.29, 0.717) is 18.0 Å². The number of hydrogen-bond donors (Lipinski definition) is 1. The zero-order chi connectivity index (χ0) is 18.1. The van der Waals surface area contributed by atoms with Crippen molar-refractivity contribution in [2.24, 2.45) is 0 Å². The second kappa shape index (κ2) is 7.42. The van der Waals surface area contributed by atoms with Crippen LogP contribution in [0.5, 0.6) is 0 Å². The highest BCUT2D eigenvalue weighted by Crippen LogP contribution is 2.32. The van der Waals surface area contributed by atoms with Crippen LogP contribution in [0.1, 0.15) is 35.9 Å². The second-order valence-electron chi connectivity index (χ2n) is 6.25. The third kappa shape index (κ3) is 3.65. The summed E-state index contributed by atoms with van der Waals surface area (Å²) in [4.78, 5) is 26.3. The molecule has 2 aromatic rings. The molecule has 9 heteroatoms. The molecule has 1 fully saturated rings. The second-order valence-corrected chi connectivity index (χ2v) is 8.17. The van der Waals surface area contributed by atoms with Crippen molar-refractivity contribution in [2.75, 3.05) is 23.4 Å². The van der Waals surface area contributed by atoms with Crippen molar-refractivity contribution in [3.05, 3.63) is 33.2 Å². The van der Waals surface area contributed by atoms with Crippen molar-refractivity contribution in [1.29, 1.82) is 0 Å². The fraction of sp³-hybridized carbons (Fsp3) is 0.412. The van der Waals surface area contributed by atoms with Gasteiger partial charge in [0.1, 0.15) is 17.7 Å². The Labute approximate surface area is 162 Å². The van der Waals surface area contributed by atoms with Crippen LogP contribution in [0, 0.1) is 0 Å². The number of nitrogens with one attached hydrogen (secondary N) is 1. The summed E-state index contributed by atoms with van der Waals surface area (Å²) in [6.45, 7) is 0.695. The molecule has 2 amide bonds. The molecule has 26 heavy (non-hydrogen) atoms. The van der Waals surface area contributed by atoms with Gasteiger partial charge in [-0.3, -0.25) is 14.9 Å². The molecule has 7 nitrogen and oxygen atoms in total. The van der Waals surface area contributed by atoms with E-state index in [2.05, 4.69) is 31.4 Å². The molecule has 0 aliphatic carbocycles. The molecular weight excluding hydrogens is 420 g/mol. The Bertz CT molecular complexity index is 850. The number of benzene rings is 1. The summed E-state index contributed by atoms with van der Waals surface area (Å²) in [5.41, 5.74) is 1.85. The lowest BCUT2D eigenvalue weighted by Crippen LogP contribution is -2.40. The zero-order valence-corrected chi connectivity index (χ0v) is 16.3. The molecule has 1 saturated heterocycles. The van der Waals surface area contributed by atoms with Crippen LogP contribution in [-0.4, -0.2) is 35.2 Å². The van der Waals surface area contributed by atoms with Gasteiger partial charge in [0.15, 0.2) is 0 Å². The van der Waals surface area contributed by atoms with Crippen molar-refractivity contribution in [3.63, 3.8) is 0 Å². The number of rotatable bonds is 4. The van der Waals surface area contributed by atoms with Gasteiger partial charge in [0.25, 0.3) is 0 Å². The third-order valence-corrected chi connectivity index (χ3v) is 5.86. The molecule has 1 aromatic heterocycles. The van der Waals surface area contributed by atoms with Crippen molar-refractivity contribution < 1.29 is 14.3 Å². The number of aryl methyl sites for hydroxylation is 1. The van der Waals surface area contributed by atoms with Crippen LogP contribution in [-0.2, 0) is 20.7 Å². The number of amides is 2. The van der Waals surface area contributed by atoms with E-state index in [9.17, 15) is 9.59 Å². The molecule has 0 bridgehead atoms. The monoisotopic (exact) mass is 436 g/mol. The van der Waals surface area contributed by atoms with Crippen LogP contribution < -0.4 is 10.2 Å². The average Bonchev–Trinajstić information content (AvgIpc) is 3.29. The van der Waals surface area contributed by atoms with Gasteiger partial charge in [0, 0.05) is 23.2 Å². The number of nitrogens with zero attached hydrogens (tertiary/aromatic N) is 3. The number of fused-ring (bicyclic) bond motifs is 1. The first kappa shape index (κ1) is 17.6. The van der Waals surface area contributed by atoms with Crippen molar-refractivity contribution in [2.45, 2.75) is 31.8 Å². The quantitative estimate of drug-likeness (QED) is 0.795. The molecule has 1 unspecified atom stereocenters. The smallest absolute Gasteiger partial charge is 0.246 e. The summed E-state index contributed by atoms with van der Waals surface area (Å²) in [5, 5.41) is 12.1. The van der Waals surface area contributed by atoms with Crippen molar-refractivity contribution in [1.82, 2.24) is 10.2 Å². The van der Waals surface area contributed by atoms with E-state index in [4.69, 9.17) is 4.74 Å². The van der Waals surface area contributed by atoms with E-state index in [0.717, 1.165) is 40.2 Å². The predicted octanol–water partition coefficient (Wildman–Crippen LogP) is 3.07. The fourth-order valence-corrected chi connectivity index (χ4v) is 4.44. The average molecular weight is 437 g/mol. The summed E-state index contributed by atoms with van der Waals surface area (Å²) < 4.78 is 6.54. The number of halogens is 1. The SMILES string of the molecule is O=C(CN1C(=O)CCc2cc(Br)ccc21)Nc1nnc(C2CCCO2)s1. The summed E-state index contributed by atoms with van der Waals surface area (Å²) >= 11 is 4.76. The first-order valence-corrected chi connectivity index (χ1v) is 10.0. The Balaban J connectivity index is 1.44. The van der Waals surface area contributed by atoms with Crippen LogP contribution >= 0.6 is 27.3 Å². The molecule has 2 aliphatic heterocycles. The first-order chi connectivity index (χ1) is 12.6. The molecule has 1 aromatic carbocycles. The van der Waals surface area contributed by atoms with Gasteiger partial charge in [0.2, 0.25) is 16.9 Å². The lowest BCUT2D eigenvalue weighted by atomic mass is 10.0. The molecular formula is C17H17BrN4O3S. The number of ether oxygens (including phenoxy) is 1. The summed E-state index contributed by atoms with van der Waals surface area (Å²) in [6.07, 6.45) is 3.01. The Morgan fingerprint density at radius 2 is 2.27 bits per heavy atom.